The van der Waals surface area contributed by atoms with Crippen molar-refractivity contribution in [3.63, 3.8) is 0 Å². The van der Waals surface area contributed by atoms with Crippen LogP contribution < -0.4 is 5.32 Å². The van der Waals surface area contributed by atoms with E-state index in [0.717, 1.165) is 52.2 Å². The van der Waals surface area contributed by atoms with Gasteiger partial charge in [0.2, 0.25) is 0 Å². The summed E-state index contributed by atoms with van der Waals surface area (Å²) in [4.78, 5) is 0. The van der Waals surface area contributed by atoms with Gasteiger partial charge >= 0.3 is 0 Å². The molecule has 0 aromatic heterocycles. The Morgan fingerprint density at radius 2 is 2.15 bits per heavy atom. The molecule has 1 spiro atoms. The van der Waals surface area contributed by atoms with Gasteiger partial charge in [0.05, 0.1) is 17.8 Å². The van der Waals surface area contributed by atoms with Gasteiger partial charge in [0, 0.05) is 32.3 Å². The first-order chi connectivity index (χ1) is 9.53. The third kappa shape index (κ3) is 3.53. The normalized spacial score (nSPS) is 32.7. The Balaban J connectivity index is 2.08. The number of likely N-dealkylation sites (N-methyl/N-ethyl adjacent to an activating group) is 1. The summed E-state index contributed by atoms with van der Waals surface area (Å²) < 4.78 is 17.7. The first-order valence-electron chi connectivity index (χ1n) is 8.12. The van der Waals surface area contributed by atoms with E-state index >= 15 is 0 Å². The molecule has 3 unspecified atom stereocenters. The van der Waals surface area contributed by atoms with Crippen LogP contribution in [0.25, 0.3) is 0 Å². The molecule has 0 bridgehead atoms. The van der Waals surface area contributed by atoms with Gasteiger partial charge in [-0.3, -0.25) is 0 Å². The predicted molar refractivity (Wildman–Crippen MR) is 80.0 cm³/mol. The number of ether oxygens (including phenoxy) is 3. The van der Waals surface area contributed by atoms with Crippen LogP contribution in [0.5, 0.6) is 0 Å². The summed E-state index contributed by atoms with van der Waals surface area (Å²) in [5.41, 5.74) is -0.174. The monoisotopic (exact) mass is 285 g/mol. The third-order valence-electron chi connectivity index (χ3n) is 4.76. The summed E-state index contributed by atoms with van der Waals surface area (Å²) in [7, 11) is 0. The maximum Gasteiger partial charge on any atom is 0.0939 e. The smallest absolute Gasteiger partial charge is 0.0939 e. The van der Waals surface area contributed by atoms with Gasteiger partial charge in [-0.15, -0.1) is 0 Å². The minimum absolute atomic E-state index is 0.0289. The van der Waals surface area contributed by atoms with E-state index < -0.39 is 0 Å². The molecule has 4 nitrogen and oxygen atoms in total. The molecule has 0 aromatic rings. The van der Waals surface area contributed by atoms with E-state index in [0.29, 0.717) is 12.0 Å². The van der Waals surface area contributed by atoms with Crippen LogP contribution >= 0.6 is 0 Å². The Hall–Kier alpha value is -0.160. The molecule has 3 atom stereocenters. The van der Waals surface area contributed by atoms with Gasteiger partial charge in [-0.2, -0.15) is 0 Å². The highest BCUT2D eigenvalue weighted by atomic mass is 16.6. The van der Waals surface area contributed by atoms with E-state index in [2.05, 4.69) is 33.0 Å². The molecule has 1 N–H and O–H groups in total. The van der Waals surface area contributed by atoms with Crippen LogP contribution in [0.2, 0.25) is 0 Å². The Labute approximate surface area is 123 Å². The molecule has 2 aliphatic heterocycles. The molecular weight excluding hydrogens is 254 g/mol. The van der Waals surface area contributed by atoms with Gasteiger partial charge < -0.3 is 19.5 Å². The first kappa shape index (κ1) is 16.2. The van der Waals surface area contributed by atoms with E-state index in [1.165, 1.54) is 0 Å². The summed E-state index contributed by atoms with van der Waals surface area (Å²) in [6.45, 7) is 12.8. The number of nitrogens with one attached hydrogen (secondary N) is 1. The number of hydrogen-bond donors (Lipinski definition) is 1. The molecule has 2 fully saturated rings. The van der Waals surface area contributed by atoms with Crippen LogP contribution in [-0.2, 0) is 14.2 Å². The van der Waals surface area contributed by atoms with Crippen LogP contribution in [-0.4, -0.2) is 50.2 Å². The van der Waals surface area contributed by atoms with Crippen molar-refractivity contribution in [1.29, 1.82) is 0 Å². The maximum absolute atomic E-state index is 6.06. The van der Waals surface area contributed by atoms with E-state index in [1.807, 2.05) is 0 Å². The quantitative estimate of drug-likeness (QED) is 0.813. The topological polar surface area (TPSA) is 39.7 Å². The summed E-state index contributed by atoms with van der Waals surface area (Å²) in [6.07, 6.45) is 3.23. The minimum Gasteiger partial charge on any atom is -0.378 e. The second kappa shape index (κ2) is 6.73. The fourth-order valence-electron chi connectivity index (χ4n) is 3.88. The summed E-state index contributed by atoms with van der Waals surface area (Å²) in [6, 6.07) is 0.369. The van der Waals surface area contributed by atoms with Crippen LogP contribution in [0.4, 0.5) is 0 Å². The van der Waals surface area contributed by atoms with Crippen molar-refractivity contribution >= 4 is 0 Å². The molecule has 2 saturated heterocycles. The van der Waals surface area contributed by atoms with E-state index in [-0.39, 0.29) is 11.2 Å². The van der Waals surface area contributed by atoms with Crippen LogP contribution in [0.15, 0.2) is 0 Å². The molecule has 0 radical (unpaired) electrons. The van der Waals surface area contributed by atoms with Gasteiger partial charge in [0.1, 0.15) is 0 Å². The van der Waals surface area contributed by atoms with Gasteiger partial charge in [-0.25, -0.2) is 0 Å². The second-order valence-corrected chi connectivity index (χ2v) is 6.66. The van der Waals surface area contributed by atoms with Gasteiger partial charge in [0.25, 0.3) is 0 Å². The van der Waals surface area contributed by atoms with Gasteiger partial charge in [-0.05, 0) is 46.1 Å². The SMILES string of the molecule is CCNC(C1CCOC2(CCOC2)C1)C(C)(C)OCC. The summed E-state index contributed by atoms with van der Waals surface area (Å²) in [5.74, 6) is 0.590. The third-order valence-corrected chi connectivity index (χ3v) is 4.76. The zero-order valence-electron chi connectivity index (χ0n) is 13.5. The Bertz CT molecular complexity index is 300. The number of rotatable bonds is 6. The zero-order chi connectivity index (χ0) is 14.6. The second-order valence-electron chi connectivity index (χ2n) is 6.66. The molecule has 118 valence electrons. The molecule has 0 amide bonds. The van der Waals surface area contributed by atoms with Crippen LogP contribution in [0.1, 0.15) is 47.0 Å². The van der Waals surface area contributed by atoms with Crippen molar-refractivity contribution in [1.82, 2.24) is 5.32 Å². The predicted octanol–water partition coefficient (Wildman–Crippen LogP) is 2.37. The molecule has 0 aromatic carbocycles. The molecule has 2 rings (SSSR count). The molecular formula is C16H31NO3. The lowest BCUT2D eigenvalue weighted by atomic mass is 9.76. The standard InChI is InChI=1S/C16H31NO3/c1-5-17-14(15(3,4)19-6-2)13-7-9-20-16(11-13)8-10-18-12-16/h13-14,17H,5-12H2,1-4H3. The molecule has 2 aliphatic rings. The van der Waals surface area contributed by atoms with E-state index in [9.17, 15) is 0 Å². The lowest BCUT2D eigenvalue weighted by Crippen LogP contribution is -2.56. The van der Waals surface area contributed by atoms with E-state index in [4.69, 9.17) is 14.2 Å². The van der Waals surface area contributed by atoms with Crippen LogP contribution in [0, 0.1) is 5.92 Å². The molecule has 4 heteroatoms. The Kier molecular flexibility index (Phi) is 5.46. The van der Waals surface area contributed by atoms with Crippen molar-refractivity contribution < 1.29 is 14.2 Å². The van der Waals surface area contributed by atoms with Crippen molar-refractivity contribution in [3.8, 4) is 0 Å². The summed E-state index contributed by atoms with van der Waals surface area (Å²) in [5, 5.41) is 3.66. The van der Waals surface area contributed by atoms with Crippen molar-refractivity contribution in [3.05, 3.63) is 0 Å². The summed E-state index contributed by atoms with van der Waals surface area (Å²) >= 11 is 0. The number of hydrogen-bond acceptors (Lipinski definition) is 4. The van der Waals surface area contributed by atoms with Crippen molar-refractivity contribution in [2.45, 2.75) is 64.2 Å². The average molecular weight is 285 g/mol. The lowest BCUT2D eigenvalue weighted by molar-refractivity contribution is -0.125. The molecule has 0 aliphatic carbocycles. The molecule has 2 heterocycles. The largest absolute Gasteiger partial charge is 0.378 e. The Morgan fingerprint density at radius 3 is 2.75 bits per heavy atom. The van der Waals surface area contributed by atoms with E-state index in [1.54, 1.807) is 0 Å². The maximum atomic E-state index is 6.06. The molecule has 0 saturated carbocycles. The van der Waals surface area contributed by atoms with Crippen LogP contribution in [0.3, 0.4) is 0 Å². The molecule has 20 heavy (non-hydrogen) atoms. The van der Waals surface area contributed by atoms with Gasteiger partial charge in [-0.1, -0.05) is 6.92 Å². The fraction of sp³-hybridized carbons (Fsp3) is 1.00. The fourth-order valence-corrected chi connectivity index (χ4v) is 3.88. The minimum atomic E-state index is -0.145. The Morgan fingerprint density at radius 1 is 1.35 bits per heavy atom. The highest BCUT2D eigenvalue weighted by Gasteiger charge is 2.46. The zero-order valence-corrected chi connectivity index (χ0v) is 13.5. The average Bonchev–Trinajstić information content (AvgIpc) is 2.83. The first-order valence-corrected chi connectivity index (χ1v) is 8.12. The highest BCUT2D eigenvalue weighted by Crippen LogP contribution is 2.39. The lowest BCUT2D eigenvalue weighted by Gasteiger charge is -2.45. The van der Waals surface area contributed by atoms with Crippen molar-refractivity contribution in [2.24, 2.45) is 5.92 Å². The van der Waals surface area contributed by atoms with Gasteiger partial charge in [0.15, 0.2) is 0 Å². The van der Waals surface area contributed by atoms with Crippen molar-refractivity contribution in [2.75, 3.05) is 33.0 Å². The highest BCUT2D eigenvalue weighted by molar-refractivity contribution is 4.98.